The van der Waals surface area contributed by atoms with Crippen molar-refractivity contribution in [2.45, 2.75) is 0 Å². The number of carbonyl (C=O) groups is 1. The van der Waals surface area contributed by atoms with Crippen LogP contribution in [-0.2, 0) is 4.74 Å². The van der Waals surface area contributed by atoms with Gasteiger partial charge in [-0.25, -0.2) is 4.79 Å². The predicted octanol–water partition coefficient (Wildman–Crippen LogP) is 2.93. The summed E-state index contributed by atoms with van der Waals surface area (Å²) in [7, 11) is 1.35. The second-order valence-electron chi connectivity index (χ2n) is 4.65. The number of para-hydroxylation sites is 1. The Morgan fingerprint density at radius 2 is 1.76 bits per heavy atom. The molecule has 4 heteroatoms. The molecule has 0 aliphatic rings. The number of aromatic nitrogens is 1. The summed E-state index contributed by atoms with van der Waals surface area (Å²) in [6.07, 6.45) is 1.48. The Kier molecular flexibility index (Phi) is 3.28. The molecule has 2 aromatic carbocycles. The van der Waals surface area contributed by atoms with Gasteiger partial charge in [0.2, 0.25) is 5.52 Å². The van der Waals surface area contributed by atoms with Gasteiger partial charge in [0.15, 0.2) is 6.20 Å². The monoisotopic (exact) mass is 279 g/mol. The van der Waals surface area contributed by atoms with E-state index in [-0.39, 0.29) is 5.97 Å². The van der Waals surface area contributed by atoms with Crippen LogP contribution in [0.5, 0.6) is 0 Å². The van der Waals surface area contributed by atoms with Crippen LogP contribution in [-0.4, -0.2) is 13.1 Å². The lowest BCUT2D eigenvalue weighted by atomic mass is 10.0. The molecule has 0 aliphatic carbocycles. The van der Waals surface area contributed by atoms with Crippen molar-refractivity contribution in [2.75, 3.05) is 7.11 Å². The molecule has 0 bridgehead atoms. The van der Waals surface area contributed by atoms with Gasteiger partial charge in [0.1, 0.15) is 0 Å². The van der Waals surface area contributed by atoms with Gasteiger partial charge in [-0.1, -0.05) is 18.2 Å². The van der Waals surface area contributed by atoms with E-state index in [1.54, 1.807) is 18.2 Å². The molecule has 4 nitrogen and oxygen atoms in total. The zero-order valence-corrected chi connectivity index (χ0v) is 11.4. The second-order valence-corrected chi connectivity index (χ2v) is 4.65. The number of pyridine rings is 1. The van der Waals surface area contributed by atoms with Gasteiger partial charge in [-0.05, 0) is 35.9 Å². The molecule has 0 saturated carbocycles. The molecular formula is C17H13NO3. The quantitative estimate of drug-likeness (QED) is 0.412. The third kappa shape index (κ3) is 2.31. The highest BCUT2D eigenvalue weighted by atomic mass is 16.5. The summed E-state index contributed by atoms with van der Waals surface area (Å²) < 4.78 is 5.54. The van der Waals surface area contributed by atoms with Gasteiger partial charge in [0, 0.05) is 11.5 Å². The van der Waals surface area contributed by atoms with Gasteiger partial charge in [-0.15, -0.1) is 0 Å². The van der Waals surface area contributed by atoms with Gasteiger partial charge >= 0.3 is 5.97 Å². The summed E-state index contributed by atoms with van der Waals surface area (Å²) in [4.78, 5) is 11.5. The number of rotatable bonds is 2. The van der Waals surface area contributed by atoms with E-state index >= 15 is 0 Å². The van der Waals surface area contributed by atoms with E-state index in [0.29, 0.717) is 11.1 Å². The zero-order chi connectivity index (χ0) is 14.8. The van der Waals surface area contributed by atoms with E-state index < -0.39 is 0 Å². The molecule has 21 heavy (non-hydrogen) atoms. The van der Waals surface area contributed by atoms with Crippen LogP contribution < -0.4 is 4.73 Å². The van der Waals surface area contributed by atoms with Crippen molar-refractivity contribution in [1.29, 1.82) is 0 Å². The van der Waals surface area contributed by atoms with Gasteiger partial charge in [-0.3, -0.25) is 0 Å². The Morgan fingerprint density at radius 3 is 2.48 bits per heavy atom. The average molecular weight is 279 g/mol. The minimum Gasteiger partial charge on any atom is -0.618 e. The Balaban J connectivity index is 2.15. The highest BCUT2D eigenvalue weighted by Crippen LogP contribution is 2.26. The van der Waals surface area contributed by atoms with Crippen molar-refractivity contribution in [2.24, 2.45) is 0 Å². The molecule has 0 aliphatic heterocycles. The van der Waals surface area contributed by atoms with Crippen LogP contribution >= 0.6 is 0 Å². The van der Waals surface area contributed by atoms with E-state index in [0.717, 1.165) is 21.2 Å². The normalized spacial score (nSPS) is 10.5. The van der Waals surface area contributed by atoms with Crippen LogP contribution in [0.4, 0.5) is 0 Å². The smallest absolute Gasteiger partial charge is 0.337 e. The SMILES string of the molecule is COC(=O)c1ccc(-c2cccc3ccc[n+]([O-])c23)cc1. The Morgan fingerprint density at radius 1 is 1.05 bits per heavy atom. The summed E-state index contributed by atoms with van der Waals surface area (Å²) in [5, 5.41) is 12.9. The van der Waals surface area contributed by atoms with Crippen LogP contribution in [0.1, 0.15) is 10.4 Å². The Labute approximate surface area is 121 Å². The first-order valence-electron chi connectivity index (χ1n) is 6.50. The first-order chi connectivity index (χ1) is 10.2. The van der Waals surface area contributed by atoms with Crippen LogP contribution in [0, 0.1) is 5.21 Å². The third-order valence-electron chi connectivity index (χ3n) is 3.40. The van der Waals surface area contributed by atoms with E-state index in [1.165, 1.54) is 13.3 Å². The fraction of sp³-hybridized carbons (Fsp3) is 0.0588. The second kappa shape index (κ2) is 5.25. The summed E-state index contributed by atoms with van der Waals surface area (Å²) >= 11 is 0. The number of carbonyl (C=O) groups excluding carboxylic acids is 1. The lowest BCUT2D eigenvalue weighted by Gasteiger charge is -2.07. The predicted molar refractivity (Wildman–Crippen MR) is 79.7 cm³/mol. The number of methoxy groups -OCH3 is 1. The maximum Gasteiger partial charge on any atom is 0.337 e. The summed E-state index contributed by atoms with van der Waals surface area (Å²) in [6.45, 7) is 0. The Bertz CT molecular complexity index is 805. The molecule has 0 radical (unpaired) electrons. The largest absolute Gasteiger partial charge is 0.618 e. The van der Waals surface area contributed by atoms with E-state index in [9.17, 15) is 10.0 Å². The van der Waals surface area contributed by atoms with Crippen LogP contribution in [0.25, 0.3) is 22.0 Å². The summed E-state index contributed by atoms with van der Waals surface area (Å²) in [5.74, 6) is -0.377. The number of fused-ring (bicyclic) bond motifs is 1. The average Bonchev–Trinajstić information content (AvgIpc) is 2.54. The van der Waals surface area contributed by atoms with E-state index in [1.807, 2.05) is 36.4 Å². The highest BCUT2D eigenvalue weighted by Gasteiger charge is 2.12. The highest BCUT2D eigenvalue weighted by molar-refractivity contribution is 5.93. The molecule has 0 spiro atoms. The third-order valence-corrected chi connectivity index (χ3v) is 3.40. The molecule has 0 amide bonds. The van der Waals surface area contributed by atoms with Crippen LogP contribution in [0.2, 0.25) is 0 Å². The minimum atomic E-state index is -0.377. The van der Waals surface area contributed by atoms with Crippen molar-refractivity contribution in [3.05, 3.63) is 71.6 Å². The maximum absolute atomic E-state index is 12.0. The van der Waals surface area contributed by atoms with Gasteiger partial charge in [0.05, 0.1) is 18.2 Å². The standard InChI is InChI=1S/C17H13NO3/c1-21-17(19)14-9-7-12(8-10-14)15-6-2-4-13-5-3-11-18(20)16(13)15/h2-11H,1H3. The first kappa shape index (κ1) is 13.1. The number of ether oxygens (including phenoxy) is 1. The number of nitrogens with zero attached hydrogens (tertiary/aromatic N) is 1. The lowest BCUT2D eigenvalue weighted by Crippen LogP contribution is -2.26. The van der Waals surface area contributed by atoms with Crippen molar-refractivity contribution in [3.8, 4) is 11.1 Å². The molecular weight excluding hydrogens is 266 g/mol. The number of hydrogen-bond acceptors (Lipinski definition) is 3. The topological polar surface area (TPSA) is 53.2 Å². The van der Waals surface area contributed by atoms with Crippen LogP contribution in [0.15, 0.2) is 60.8 Å². The molecule has 0 fully saturated rings. The van der Waals surface area contributed by atoms with Crippen molar-refractivity contribution in [3.63, 3.8) is 0 Å². The van der Waals surface area contributed by atoms with Gasteiger partial charge in [0.25, 0.3) is 0 Å². The fourth-order valence-electron chi connectivity index (χ4n) is 2.38. The van der Waals surface area contributed by atoms with E-state index in [2.05, 4.69) is 4.74 Å². The van der Waals surface area contributed by atoms with Crippen LogP contribution in [0.3, 0.4) is 0 Å². The molecule has 0 atom stereocenters. The van der Waals surface area contributed by atoms with Crippen molar-refractivity contribution in [1.82, 2.24) is 0 Å². The molecule has 1 aromatic heterocycles. The molecule has 104 valence electrons. The zero-order valence-electron chi connectivity index (χ0n) is 11.4. The molecule has 3 aromatic rings. The van der Waals surface area contributed by atoms with Crippen molar-refractivity contribution < 1.29 is 14.3 Å². The minimum absolute atomic E-state index is 0.377. The van der Waals surface area contributed by atoms with Crippen molar-refractivity contribution >= 4 is 16.9 Å². The number of esters is 1. The fourth-order valence-corrected chi connectivity index (χ4v) is 2.38. The number of benzene rings is 2. The van der Waals surface area contributed by atoms with E-state index in [4.69, 9.17) is 0 Å². The first-order valence-corrected chi connectivity index (χ1v) is 6.50. The summed E-state index contributed by atoms with van der Waals surface area (Å²) in [5.41, 5.74) is 2.81. The molecule has 0 saturated heterocycles. The summed E-state index contributed by atoms with van der Waals surface area (Å²) in [6, 6.07) is 16.3. The Hall–Kier alpha value is -2.88. The molecule has 0 unspecified atom stereocenters. The lowest BCUT2D eigenvalue weighted by molar-refractivity contribution is -0.576. The number of hydrogen-bond donors (Lipinski definition) is 0. The molecule has 1 heterocycles. The van der Waals surface area contributed by atoms with Gasteiger partial charge < -0.3 is 9.94 Å². The molecule has 3 rings (SSSR count). The van der Waals surface area contributed by atoms with Gasteiger partial charge in [-0.2, -0.15) is 4.73 Å². The molecule has 0 N–H and O–H groups in total. The maximum atomic E-state index is 12.0.